The van der Waals surface area contributed by atoms with Gasteiger partial charge in [-0.05, 0) is 37.4 Å². The molecule has 0 bridgehead atoms. The number of rotatable bonds is 4. The van der Waals surface area contributed by atoms with Crippen LogP contribution in [-0.4, -0.2) is 26.3 Å². The first-order chi connectivity index (χ1) is 9.85. The van der Waals surface area contributed by atoms with E-state index in [1.807, 2.05) is 37.4 Å². The molecule has 1 unspecified atom stereocenters. The molecule has 1 aliphatic heterocycles. The predicted octanol–water partition coefficient (Wildman–Crippen LogP) is 3.20. The quantitative estimate of drug-likeness (QED) is 0.935. The summed E-state index contributed by atoms with van der Waals surface area (Å²) in [5.41, 5.74) is 0. The van der Waals surface area contributed by atoms with Crippen LogP contribution in [0.25, 0.3) is 0 Å². The monoisotopic (exact) mass is 287 g/mol. The summed E-state index contributed by atoms with van der Waals surface area (Å²) in [6.07, 6.45) is 0.0835. The third-order valence-electron chi connectivity index (χ3n) is 3.04. The van der Waals surface area contributed by atoms with E-state index in [0.29, 0.717) is 6.61 Å². The summed E-state index contributed by atoms with van der Waals surface area (Å²) in [5, 5.41) is 3.10. The van der Waals surface area contributed by atoms with Crippen LogP contribution in [0.3, 0.4) is 0 Å². The van der Waals surface area contributed by atoms with E-state index in [0.717, 1.165) is 22.9 Å². The van der Waals surface area contributed by atoms with Crippen LogP contribution < -0.4 is 14.8 Å². The lowest BCUT2D eigenvalue weighted by Gasteiger charge is -2.26. The summed E-state index contributed by atoms with van der Waals surface area (Å²) >= 11 is 1.72. The summed E-state index contributed by atoms with van der Waals surface area (Å²) in [5.74, 6) is 1.66. The Labute approximate surface area is 123 Å². The molecule has 0 saturated carbocycles. The molecular formula is C16H17NO2S. The minimum absolute atomic E-state index is 0.0835. The van der Waals surface area contributed by atoms with Crippen molar-refractivity contribution < 1.29 is 9.47 Å². The second kappa shape index (κ2) is 6.20. The second-order valence-corrected chi connectivity index (χ2v) is 5.78. The normalized spacial score (nSPS) is 16.9. The molecule has 2 aromatic carbocycles. The van der Waals surface area contributed by atoms with Crippen molar-refractivity contribution in [3.8, 4) is 11.5 Å². The minimum atomic E-state index is 0.0835. The zero-order chi connectivity index (χ0) is 13.8. The highest BCUT2D eigenvalue weighted by atomic mass is 32.2. The SMILES string of the molecule is CNCC1COc2cc(Sc3ccccc3)ccc2O1. The van der Waals surface area contributed by atoms with E-state index in [1.165, 1.54) is 4.90 Å². The number of hydrogen-bond acceptors (Lipinski definition) is 4. The molecule has 0 saturated heterocycles. The fourth-order valence-corrected chi connectivity index (χ4v) is 2.98. The molecule has 0 radical (unpaired) electrons. The molecule has 1 N–H and O–H groups in total. The van der Waals surface area contributed by atoms with E-state index < -0.39 is 0 Å². The van der Waals surface area contributed by atoms with Gasteiger partial charge in [0.1, 0.15) is 12.7 Å². The molecule has 0 spiro atoms. The lowest BCUT2D eigenvalue weighted by atomic mass is 10.2. The molecule has 104 valence electrons. The van der Waals surface area contributed by atoms with Gasteiger partial charge in [0, 0.05) is 16.3 Å². The Morgan fingerprint density at radius 3 is 2.75 bits per heavy atom. The first kappa shape index (κ1) is 13.3. The van der Waals surface area contributed by atoms with Gasteiger partial charge in [-0.15, -0.1) is 0 Å². The second-order valence-electron chi connectivity index (χ2n) is 4.63. The molecule has 20 heavy (non-hydrogen) atoms. The van der Waals surface area contributed by atoms with Crippen molar-refractivity contribution in [3.63, 3.8) is 0 Å². The summed E-state index contributed by atoms with van der Waals surface area (Å²) in [6, 6.07) is 16.4. The van der Waals surface area contributed by atoms with E-state index >= 15 is 0 Å². The van der Waals surface area contributed by atoms with Crippen molar-refractivity contribution in [2.24, 2.45) is 0 Å². The van der Waals surface area contributed by atoms with E-state index in [4.69, 9.17) is 9.47 Å². The topological polar surface area (TPSA) is 30.5 Å². The largest absolute Gasteiger partial charge is 0.486 e. The van der Waals surface area contributed by atoms with Crippen LogP contribution in [0.15, 0.2) is 58.3 Å². The van der Waals surface area contributed by atoms with Crippen molar-refractivity contribution >= 4 is 11.8 Å². The maximum Gasteiger partial charge on any atom is 0.162 e. The fourth-order valence-electron chi connectivity index (χ4n) is 2.11. The van der Waals surface area contributed by atoms with Crippen LogP contribution in [0.4, 0.5) is 0 Å². The molecule has 0 aliphatic carbocycles. The van der Waals surface area contributed by atoms with Gasteiger partial charge >= 0.3 is 0 Å². The molecule has 0 fully saturated rings. The Bertz CT molecular complexity index is 574. The standard InChI is InChI=1S/C16H17NO2S/c1-17-10-12-11-18-16-9-14(7-8-15(16)19-12)20-13-5-3-2-4-6-13/h2-9,12,17H,10-11H2,1H3. The maximum absolute atomic E-state index is 5.88. The van der Waals surface area contributed by atoms with Crippen LogP contribution in [-0.2, 0) is 0 Å². The van der Waals surface area contributed by atoms with Crippen molar-refractivity contribution in [1.29, 1.82) is 0 Å². The Morgan fingerprint density at radius 1 is 1.10 bits per heavy atom. The summed E-state index contributed by atoms with van der Waals surface area (Å²) in [4.78, 5) is 2.38. The third-order valence-corrected chi connectivity index (χ3v) is 4.04. The highest BCUT2D eigenvalue weighted by Gasteiger charge is 2.20. The molecule has 4 heteroatoms. The highest BCUT2D eigenvalue weighted by molar-refractivity contribution is 7.99. The smallest absolute Gasteiger partial charge is 0.162 e. The average molecular weight is 287 g/mol. The Morgan fingerprint density at radius 2 is 1.95 bits per heavy atom. The number of benzene rings is 2. The van der Waals surface area contributed by atoms with Gasteiger partial charge in [0.2, 0.25) is 0 Å². The number of nitrogens with one attached hydrogen (secondary N) is 1. The molecule has 2 aromatic rings. The lowest BCUT2D eigenvalue weighted by molar-refractivity contribution is 0.0916. The van der Waals surface area contributed by atoms with Crippen LogP contribution in [0, 0.1) is 0 Å². The number of ether oxygens (including phenoxy) is 2. The molecular weight excluding hydrogens is 270 g/mol. The molecule has 3 nitrogen and oxygen atoms in total. The van der Waals surface area contributed by atoms with E-state index in [1.54, 1.807) is 11.8 Å². The van der Waals surface area contributed by atoms with Gasteiger partial charge in [-0.1, -0.05) is 30.0 Å². The van der Waals surface area contributed by atoms with Crippen LogP contribution in [0.5, 0.6) is 11.5 Å². The van der Waals surface area contributed by atoms with Crippen LogP contribution in [0.2, 0.25) is 0 Å². The molecule has 3 rings (SSSR count). The van der Waals surface area contributed by atoms with E-state index in [2.05, 4.69) is 23.5 Å². The number of fused-ring (bicyclic) bond motifs is 1. The van der Waals surface area contributed by atoms with Gasteiger partial charge < -0.3 is 14.8 Å². The van der Waals surface area contributed by atoms with Gasteiger partial charge in [0.25, 0.3) is 0 Å². The van der Waals surface area contributed by atoms with Gasteiger partial charge in [-0.3, -0.25) is 0 Å². The molecule has 0 aromatic heterocycles. The van der Waals surface area contributed by atoms with Gasteiger partial charge in [-0.2, -0.15) is 0 Å². The number of likely N-dealkylation sites (N-methyl/N-ethyl adjacent to an activating group) is 1. The summed E-state index contributed by atoms with van der Waals surface area (Å²) in [6.45, 7) is 1.38. The first-order valence-corrected chi connectivity index (χ1v) is 7.48. The average Bonchev–Trinajstić information content (AvgIpc) is 2.49. The van der Waals surface area contributed by atoms with Gasteiger partial charge in [-0.25, -0.2) is 0 Å². The van der Waals surface area contributed by atoms with Crippen LogP contribution in [0.1, 0.15) is 0 Å². The van der Waals surface area contributed by atoms with Crippen molar-refractivity contribution in [2.45, 2.75) is 15.9 Å². The first-order valence-electron chi connectivity index (χ1n) is 6.66. The Hall–Kier alpha value is -1.65. The molecule has 1 aliphatic rings. The zero-order valence-corrected chi connectivity index (χ0v) is 12.2. The number of hydrogen-bond donors (Lipinski definition) is 1. The fraction of sp³-hybridized carbons (Fsp3) is 0.250. The highest BCUT2D eigenvalue weighted by Crippen LogP contribution is 2.37. The lowest BCUT2D eigenvalue weighted by Crippen LogP contribution is -2.37. The van der Waals surface area contributed by atoms with Gasteiger partial charge in [0.05, 0.1) is 0 Å². The zero-order valence-electron chi connectivity index (χ0n) is 11.3. The van der Waals surface area contributed by atoms with E-state index in [9.17, 15) is 0 Å². The molecule has 1 heterocycles. The summed E-state index contributed by atoms with van der Waals surface area (Å²) < 4.78 is 11.7. The third kappa shape index (κ3) is 3.08. The Balaban J connectivity index is 1.74. The van der Waals surface area contributed by atoms with Crippen LogP contribution >= 0.6 is 11.8 Å². The predicted molar refractivity (Wildman–Crippen MR) is 80.8 cm³/mol. The minimum Gasteiger partial charge on any atom is -0.486 e. The maximum atomic E-state index is 5.88. The molecule has 1 atom stereocenters. The Kier molecular flexibility index (Phi) is 4.14. The van der Waals surface area contributed by atoms with Gasteiger partial charge in [0.15, 0.2) is 11.5 Å². The molecule has 0 amide bonds. The van der Waals surface area contributed by atoms with E-state index in [-0.39, 0.29) is 6.10 Å². The van der Waals surface area contributed by atoms with Crippen molar-refractivity contribution in [3.05, 3.63) is 48.5 Å². The van der Waals surface area contributed by atoms with Crippen molar-refractivity contribution in [1.82, 2.24) is 5.32 Å². The van der Waals surface area contributed by atoms with Crippen molar-refractivity contribution in [2.75, 3.05) is 20.2 Å². The summed E-state index contributed by atoms with van der Waals surface area (Å²) in [7, 11) is 1.92.